The molecule has 0 bridgehead atoms. The van der Waals surface area contributed by atoms with Crippen LogP contribution in [-0.2, 0) is 4.74 Å². The number of methoxy groups -OCH3 is 1. The average Bonchev–Trinajstić information content (AvgIpc) is 3.28. The molecular weight excluding hydrogens is 326 g/mol. The maximum absolute atomic E-state index is 12.3. The quantitative estimate of drug-likeness (QED) is 0.711. The molecule has 2 heterocycles. The van der Waals surface area contributed by atoms with E-state index in [2.05, 4.69) is 15.6 Å². The van der Waals surface area contributed by atoms with E-state index in [-0.39, 0.29) is 12.1 Å². The second-order valence-corrected chi connectivity index (χ2v) is 5.93. The Labute approximate surface area is 143 Å². The molecule has 0 saturated heterocycles. The van der Waals surface area contributed by atoms with E-state index in [1.807, 2.05) is 29.6 Å². The molecule has 0 radical (unpaired) electrons. The zero-order valence-electron chi connectivity index (χ0n) is 13.1. The van der Waals surface area contributed by atoms with Crippen LogP contribution in [0.4, 0.5) is 10.5 Å². The lowest BCUT2D eigenvalue weighted by atomic mass is 10.2. The van der Waals surface area contributed by atoms with Crippen molar-refractivity contribution in [2.75, 3.05) is 19.0 Å². The van der Waals surface area contributed by atoms with Crippen LogP contribution < -0.4 is 10.6 Å². The number of hydrogen-bond donors (Lipinski definition) is 2. The first kappa shape index (κ1) is 16.2. The lowest BCUT2D eigenvalue weighted by Gasteiger charge is -2.16. The van der Waals surface area contributed by atoms with E-state index in [4.69, 9.17) is 9.15 Å². The van der Waals surface area contributed by atoms with Gasteiger partial charge in [-0.05, 0) is 24.3 Å². The molecule has 0 spiro atoms. The molecule has 1 aromatic carbocycles. The van der Waals surface area contributed by atoms with E-state index in [1.54, 1.807) is 43.0 Å². The predicted molar refractivity (Wildman–Crippen MR) is 93.0 cm³/mol. The summed E-state index contributed by atoms with van der Waals surface area (Å²) in [5.74, 6) is 0.642. The number of benzene rings is 1. The minimum atomic E-state index is -0.354. The minimum absolute atomic E-state index is 0.320. The SMILES string of the molecule is COC[C@H](NC(=O)Nc1cccc(-c2nccs2)c1)c1ccco1. The molecule has 0 saturated carbocycles. The van der Waals surface area contributed by atoms with Gasteiger partial charge in [-0.2, -0.15) is 0 Å². The topological polar surface area (TPSA) is 76.4 Å². The van der Waals surface area contributed by atoms with Crippen LogP contribution >= 0.6 is 11.3 Å². The van der Waals surface area contributed by atoms with E-state index in [0.717, 1.165) is 10.6 Å². The number of carbonyl (C=O) groups is 1. The number of thiazole rings is 1. The Hall–Kier alpha value is -2.64. The van der Waals surface area contributed by atoms with Gasteiger partial charge in [0.05, 0.1) is 12.9 Å². The lowest BCUT2D eigenvalue weighted by molar-refractivity contribution is 0.159. The molecule has 7 heteroatoms. The first-order valence-corrected chi connectivity index (χ1v) is 8.24. The summed E-state index contributed by atoms with van der Waals surface area (Å²) in [5, 5.41) is 8.49. The van der Waals surface area contributed by atoms with Crippen LogP contribution in [0.15, 0.2) is 58.7 Å². The van der Waals surface area contributed by atoms with Crippen molar-refractivity contribution in [1.29, 1.82) is 0 Å². The zero-order chi connectivity index (χ0) is 16.8. The molecule has 3 rings (SSSR count). The fourth-order valence-corrected chi connectivity index (χ4v) is 2.91. The van der Waals surface area contributed by atoms with Crippen molar-refractivity contribution >= 4 is 23.1 Å². The van der Waals surface area contributed by atoms with Gasteiger partial charge in [0.2, 0.25) is 0 Å². The highest BCUT2D eigenvalue weighted by Crippen LogP contribution is 2.24. The number of carbonyl (C=O) groups excluding carboxylic acids is 1. The first-order valence-electron chi connectivity index (χ1n) is 7.36. The van der Waals surface area contributed by atoms with Gasteiger partial charge in [0.1, 0.15) is 16.8 Å². The Bertz CT molecular complexity index is 772. The van der Waals surface area contributed by atoms with Crippen molar-refractivity contribution in [3.05, 3.63) is 60.0 Å². The molecular formula is C17H17N3O3S. The number of aromatic nitrogens is 1. The van der Waals surface area contributed by atoms with Gasteiger partial charge >= 0.3 is 6.03 Å². The van der Waals surface area contributed by atoms with Gasteiger partial charge in [-0.1, -0.05) is 12.1 Å². The summed E-state index contributed by atoms with van der Waals surface area (Å²) in [7, 11) is 1.58. The number of ether oxygens (including phenoxy) is 1. The highest BCUT2D eigenvalue weighted by atomic mass is 32.1. The molecule has 0 fully saturated rings. The molecule has 3 aromatic rings. The summed E-state index contributed by atoms with van der Waals surface area (Å²) in [4.78, 5) is 16.5. The molecule has 2 amide bonds. The fraction of sp³-hybridized carbons (Fsp3) is 0.176. The van der Waals surface area contributed by atoms with E-state index in [0.29, 0.717) is 18.1 Å². The smallest absolute Gasteiger partial charge is 0.319 e. The molecule has 2 aromatic heterocycles. The number of nitrogens with zero attached hydrogens (tertiary/aromatic N) is 1. The van der Waals surface area contributed by atoms with Crippen LogP contribution in [0.5, 0.6) is 0 Å². The molecule has 6 nitrogen and oxygen atoms in total. The van der Waals surface area contributed by atoms with Crippen molar-refractivity contribution in [2.24, 2.45) is 0 Å². The normalized spacial score (nSPS) is 11.9. The Kier molecular flexibility index (Phi) is 5.25. The second kappa shape index (κ2) is 7.76. The van der Waals surface area contributed by atoms with Gasteiger partial charge in [0, 0.05) is 29.9 Å². The Morgan fingerprint density at radius 3 is 3.00 bits per heavy atom. The number of amides is 2. The zero-order valence-corrected chi connectivity index (χ0v) is 13.9. The summed E-state index contributed by atoms with van der Waals surface area (Å²) < 4.78 is 10.5. The highest BCUT2D eigenvalue weighted by molar-refractivity contribution is 7.13. The number of rotatable bonds is 6. The molecule has 0 aliphatic heterocycles. The minimum Gasteiger partial charge on any atom is -0.467 e. The van der Waals surface area contributed by atoms with Crippen LogP contribution in [0.2, 0.25) is 0 Å². The first-order chi connectivity index (χ1) is 11.8. The summed E-state index contributed by atoms with van der Waals surface area (Å²) in [6.45, 7) is 0.320. The number of nitrogens with one attached hydrogen (secondary N) is 2. The second-order valence-electron chi connectivity index (χ2n) is 5.04. The Morgan fingerprint density at radius 1 is 1.38 bits per heavy atom. The maximum atomic E-state index is 12.3. The van der Waals surface area contributed by atoms with E-state index >= 15 is 0 Å². The Balaban J connectivity index is 1.67. The summed E-state index contributed by atoms with van der Waals surface area (Å²) in [6.07, 6.45) is 3.32. The van der Waals surface area contributed by atoms with E-state index < -0.39 is 0 Å². The number of anilines is 1. The summed E-state index contributed by atoms with van der Waals surface area (Å²) in [6, 6.07) is 10.4. The summed E-state index contributed by atoms with van der Waals surface area (Å²) in [5.41, 5.74) is 1.65. The van der Waals surface area contributed by atoms with Crippen LogP contribution in [-0.4, -0.2) is 24.7 Å². The fourth-order valence-electron chi connectivity index (χ4n) is 2.27. The van der Waals surface area contributed by atoms with Crippen molar-refractivity contribution < 1.29 is 13.9 Å². The number of furan rings is 1. The van der Waals surface area contributed by atoms with Gasteiger partial charge < -0.3 is 19.8 Å². The van der Waals surface area contributed by atoms with Gasteiger partial charge in [-0.15, -0.1) is 11.3 Å². The van der Waals surface area contributed by atoms with Crippen LogP contribution in [0.25, 0.3) is 10.6 Å². The van der Waals surface area contributed by atoms with Gasteiger partial charge in [-0.25, -0.2) is 9.78 Å². The van der Waals surface area contributed by atoms with E-state index in [1.165, 1.54) is 0 Å². The van der Waals surface area contributed by atoms with Crippen LogP contribution in [0.3, 0.4) is 0 Å². The molecule has 0 aliphatic rings. The third-order valence-electron chi connectivity index (χ3n) is 3.32. The third-order valence-corrected chi connectivity index (χ3v) is 4.15. The molecule has 0 unspecified atom stereocenters. The van der Waals surface area contributed by atoms with E-state index in [9.17, 15) is 4.79 Å². The van der Waals surface area contributed by atoms with Gasteiger partial charge in [0.15, 0.2) is 0 Å². The largest absolute Gasteiger partial charge is 0.467 e. The standard InChI is InChI=1S/C17H17N3O3S/c1-22-11-14(15-6-3-8-23-15)20-17(21)19-13-5-2-4-12(10-13)16-18-7-9-24-16/h2-10,14H,11H2,1H3,(H2,19,20,21)/t14-/m0/s1. The maximum Gasteiger partial charge on any atom is 0.319 e. The highest BCUT2D eigenvalue weighted by Gasteiger charge is 2.17. The van der Waals surface area contributed by atoms with Gasteiger partial charge in [0.25, 0.3) is 0 Å². The van der Waals surface area contributed by atoms with Crippen molar-refractivity contribution in [3.8, 4) is 10.6 Å². The molecule has 124 valence electrons. The number of hydrogen-bond acceptors (Lipinski definition) is 5. The average molecular weight is 343 g/mol. The summed E-state index contributed by atoms with van der Waals surface area (Å²) >= 11 is 1.55. The Morgan fingerprint density at radius 2 is 2.29 bits per heavy atom. The molecule has 0 aliphatic carbocycles. The van der Waals surface area contributed by atoms with Crippen LogP contribution in [0, 0.1) is 0 Å². The van der Waals surface area contributed by atoms with Crippen LogP contribution in [0.1, 0.15) is 11.8 Å². The van der Waals surface area contributed by atoms with Crippen molar-refractivity contribution in [2.45, 2.75) is 6.04 Å². The predicted octanol–water partition coefficient (Wildman–Crippen LogP) is 3.91. The van der Waals surface area contributed by atoms with Crippen molar-refractivity contribution in [1.82, 2.24) is 10.3 Å². The van der Waals surface area contributed by atoms with Crippen molar-refractivity contribution in [3.63, 3.8) is 0 Å². The van der Waals surface area contributed by atoms with Gasteiger partial charge in [-0.3, -0.25) is 0 Å². The molecule has 1 atom stereocenters. The lowest BCUT2D eigenvalue weighted by Crippen LogP contribution is -2.34. The molecule has 2 N–H and O–H groups in total. The molecule has 24 heavy (non-hydrogen) atoms. The third kappa shape index (κ3) is 4.01. The number of urea groups is 1. The monoisotopic (exact) mass is 343 g/mol.